The third-order valence-corrected chi connectivity index (χ3v) is 4.93. The van der Waals surface area contributed by atoms with E-state index in [4.69, 9.17) is 0 Å². The van der Waals surface area contributed by atoms with Gasteiger partial charge in [0.2, 0.25) is 10.0 Å². The van der Waals surface area contributed by atoms with E-state index in [1.807, 2.05) is 0 Å². The summed E-state index contributed by atoms with van der Waals surface area (Å²) in [5.74, 6) is -0.263. The molecule has 1 rings (SSSR count). The molecule has 1 saturated heterocycles. The maximum absolute atomic E-state index is 12.4. The second-order valence-corrected chi connectivity index (χ2v) is 6.79. The lowest BCUT2D eigenvalue weighted by atomic mass is 10.3. The highest BCUT2D eigenvalue weighted by Gasteiger charge is 2.38. The van der Waals surface area contributed by atoms with Crippen LogP contribution >= 0.6 is 0 Å². The summed E-state index contributed by atoms with van der Waals surface area (Å²) in [7, 11) is -3.89. The van der Waals surface area contributed by atoms with Gasteiger partial charge in [0.05, 0.1) is 5.75 Å². The van der Waals surface area contributed by atoms with E-state index >= 15 is 0 Å². The molecule has 1 fully saturated rings. The van der Waals surface area contributed by atoms with E-state index in [0.29, 0.717) is 10.7 Å². The number of hydrogen-bond donors (Lipinski definition) is 1. The first kappa shape index (κ1) is 15.7. The zero-order valence-electron chi connectivity index (χ0n) is 10.5. The molecule has 8 heteroatoms. The Morgan fingerprint density at radius 2 is 2.00 bits per heavy atom. The summed E-state index contributed by atoms with van der Waals surface area (Å²) in [5.41, 5.74) is 0. The van der Waals surface area contributed by atoms with Crippen LogP contribution in [0, 0.1) is 0 Å². The number of nitrogens with one attached hydrogen (secondary N) is 1. The third-order valence-electron chi connectivity index (χ3n) is 2.84. The zero-order chi connectivity index (χ0) is 14.0. The second kappa shape index (κ2) is 5.75. The molecule has 18 heavy (non-hydrogen) atoms. The average molecular weight is 288 g/mol. The van der Waals surface area contributed by atoms with Crippen LogP contribution in [0.25, 0.3) is 0 Å². The summed E-state index contributed by atoms with van der Waals surface area (Å²) >= 11 is 0. The summed E-state index contributed by atoms with van der Waals surface area (Å²) in [6.45, 7) is 2.21. The van der Waals surface area contributed by atoms with Gasteiger partial charge >= 0.3 is 6.18 Å². The molecule has 0 amide bonds. The van der Waals surface area contributed by atoms with Gasteiger partial charge in [0.15, 0.2) is 0 Å². The number of halogens is 3. The van der Waals surface area contributed by atoms with E-state index in [-0.39, 0.29) is 11.8 Å². The minimum absolute atomic E-state index is 0.232. The van der Waals surface area contributed by atoms with Crippen molar-refractivity contribution in [3.05, 3.63) is 0 Å². The lowest BCUT2D eigenvalue weighted by Crippen LogP contribution is -2.47. The van der Waals surface area contributed by atoms with Crippen LogP contribution in [0.4, 0.5) is 13.2 Å². The third kappa shape index (κ3) is 4.74. The molecule has 1 atom stereocenters. The summed E-state index contributed by atoms with van der Waals surface area (Å²) in [4.78, 5) is 0. The van der Waals surface area contributed by atoms with Gasteiger partial charge in [0.25, 0.3) is 0 Å². The predicted octanol–water partition coefficient (Wildman–Crippen LogP) is 1.34. The highest BCUT2D eigenvalue weighted by molar-refractivity contribution is 7.89. The van der Waals surface area contributed by atoms with Gasteiger partial charge in [0.1, 0.15) is 6.54 Å². The molecule has 1 heterocycles. The minimum Gasteiger partial charge on any atom is -0.313 e. The number of nitrogens with zero attached hydrogens (tertiary/aromatic N) is 1. The van der Waals surface area contributed by atoms with Crippen molar-refractivity contribution < 1.29 is 21.6 Å². The van der Waals surface area contributed by atoms with Crippen LogP contribution in [0.5, 0.6) is 0 Å². The Kier molecular flexibility index (Phi) is 5.02. The van der Waals surface area contributed by atoms with Crippen LogP contribution in [0.3, 0.4) is 0 Å². The maximum Gasteiger partial charge on any atom is 0.402 e. The molecule has 0 radical (unpaired) electrons. The lowest BCUT2D eigenvalue weighted by Gasteiger charge is -2.28. The molecule has 1 aliphatic heterocycles. The molecule has 0 aromatic rings. The van der Waals surface area contributed by atoms with Gasteiger partial charge in [-0.3, -0.25) is 0 Å². The van der Waals surface area contributed by atoms with E-state index in [0.717, 1.165) is 13.0 Å². The molecule has 0 spiro atoms. The second-order valence-electron chi connectivity index (χ2n) is 4.83. The van der Waals surface area contributed by atoms with Crippen LogP contribution in [0.2, 0.25) is 0 Å². The molecule has 0 saturated carbocycles. The lowest BCUT2D eigenvalue weighted by molar-refractivity contribution is -0.138. The Morgan fingerprint density at radius 1 is 1.39 bits per heavy atom. The van der Waals surface area contributed by atoms with Gasteiger partial charge in [-0.1, -0.05) is 0 Å². The molecule has 1 unspecified atom stereocenters. The highest BCUT2D eigenvalue weighted by Crippen LogP contribution is 2.22. The molecular formula is C10H19F3N2O2S. The monoisotopic (exact) mass is 288 g/mol. The molecule has 4 nitrogen and oxygen atoms in total. The quantitative estimate of drug-likeness (QED) is 0.830. The zero-order valence-corrected chi connectivity index (χ0v) is 11.3. The van der Waals surface area contributed by atoms with Crippen LogP contribution in [0.1, 0.15) is 26.7 Å². The van der Waals surface area contributed by atoms with Gasteiger partial charge < -0.3 is 5.32 Å². The molecule has 0 aliphatic carbocycles. The van der Waals surface area contributed by atoms with Crippen molar-refractivity contribution in [3.63, 3.8) is 0 Å². The van der Waals surface area contributed by atoms with Crippen LogP contribution in [-0.4, -0.2) is 49.8 Å². The van der Waals surface area contributed by atoms with E-state index < -0.39 is 28.8 Å². The molecule has 1 aliphatic rings. The number of rotatable bonds is 5. The molecule has 0 aromatic heterocycles. The van der Waals surface area contributed by atoms with Gasteiger partial charge in [-0.2, -0.15) is 17.5 Å². The van der Waals surface area contributed by atoms with E-state index in [9.17, 15) is 21.6 Å². The maximum atomic E-state index is 12.4. The summed E-state index contributed by atoms with van der Waals surface area (Å²) in [6, 6.07) is -0.928. The van der Waals surface area contributed by atoms with Crippen LogP contribution < -0.4 is 5.32 Å². The van der Waals surface area contributed by atoms with Gasteiger partial charge in [0, 0.05) is 12.1 Å². The van der Waals surface area contributed by atoms with E-state index in [1.165, 1.54) is 13.8 Å². The molecular weight excluding hydrogens is 269 g/mol. The van der Waals surface area contributed by atoms with Crippen molar-refractivity contribution in [2.24, 2.45) is 0 Å². The first-order valence-electron chi connectivity index (χ1n) is 5.91. The Balaban J connectivity index is 2.76. The summed E-state index contributed by atoms with van der Waals surface area (Å²) in [5, 5.41) is 2.98. The fraction of sp³-hybridized carbons (Fsp3) is 1.00. The number of sulfonamides is 1. The average Bonchev–Trinajstić information content (AvgIpc) is 2.64. The van der Waals surface area contributed by atoms with Crippen molar-refractivity contribution in [2.45, 2.75) is 44.9 Å². The van der Waals surface area contributed by atoms with Crippen molar-refractivity contribution in [1.82, 2.24) is 9.62 Å². The molecule has 0 bridgehead atoms. The molecule has 0 aromatic carbocycles. The van der Waals surface area contributed by atoms with Gasteiger partial charge in [-0.25, -0.2) is 8.42 Å². The van der Waals surface area contributed by atoms with Gasteiger partial charge in [-0.15, -0.1) is 0 Å². The fourth-order valence-electron chi connectivity index (χ4n) is 2.03. The summed E-state index contributed by atoms with van der Waals surface area (Å²) < 4.78 is 61.7. The fourth-order valence-corrected chi connectivity index (χ4v) is 4.00. The minimum atomic E-state index is -4.51. The topological polar surface area (TPSA) is 49.4 Å². The Morgan fingerprint density at radius 3 is 2.39 bits per heavy atom. The van der Waals surface area contributed by atoms with Crippen molar-refractivity contribution >= 4 is 10.0 Å². The molecule has 108 valence electrons. The largest absolute Gasteiger partial charge is 0.402 e. The smallest absolute Gasteiger partial charge is 0.313 e. The SMILES string of the molecule is CC(C)N(CC(F)(F)F)S(=O)(=O)CC1CCCN1. The first-order valence-corrected chi connectivity index (χ1v) is 7.52. The highest BCUT2D eigenvalue weighted by atomic mass is 32.2. The standard InChI is InChI=1S/C10H19F3N2O2S/c1-8(2)15(7-10(11,12)13)18(16,17)6-9-4-3-5-14-9/h8-9,14H,3-7H2,1-2H3. The van der Waals surface area contributed by atoms with E-state index in [1.54, 1.807) is 0 Å². The van der Waals surface area contributed by atoms with Crippen LogP contribution in [0.15, 0.2) is 0 Å². The van der Waals surface area contributed by atoms with Crippen molar-refractivity contribution in [1.29, 1.82) is 0 Å². The predicted molar refractivity (Wildman–Crippen MR) is 62.7 cm³/mol. The Bertz CT molecular complexity index is 362. The number of hydrogen-bond acceptors (Lipinski definition) is 3. The first-order chi connectivity index (χ1) is 8.12. The van der Waals surface area contributed by atoms with Crippen molar-refractivity contribution in [3.8, 4) is 0 Å². The van der Waals surface area contributed by atoms with Crippen molar-refractivity contribution in [2.75, 3.05) is 18.8 Å². The Labute approximate surface area is 106 Å². The summed E-state index contributed by atoms with van der Waals surface area (Å²) in [6.07, 6.45) is -2.96. The number of alkyl halides is 3. The Hall–Kier alpha value is -0.340. The van der Waals surface area contributed by atoms with Crippen LogP contribution in [-0.2, 0) is 10.0 Å². The normalized spacial score (nSPS) is 22.1. The van der Waals surface area contributed by atoms with E-state index in [2.05, 4.69) is 5.32 Å². The van der Waals surface area contributed by atoms with Gasteiger partial charge in [-0.05, 0) is 33.2 Å². The molecule has 1 N–H and O–H groups in total.